The Hall–Kier alpha value is -1.56. The number of carbonyl (C=O) groups is 1. The molecular formula is C22H30Cl2N4O. The number of halogens is 2. The van der Waals surface area contributed by atoms with Gasteiger partial charge in [-0.3, -0.25) is 9.48 Å². The quantitative estimate of drug-likeness (QED) is 0.615. The summed E-state index contributed by atoms with van der Waals surface area (Å²) in [6, 6.07) is 5.60. The van der Waals surface area contributed by atoms with Gasteiger partial charge in [0, 0.05) is 38.8 Å². The second kappa shape index (κ2) is 9.96. The molecule has 2 aromatic rings. The van der Waals surface area contributed by atoms with Gasteiger partial charge in [0.1, 0.15) is 0 Å². The van der Waals surface area contributed by atoms with Gasteiger partial charge >= 0.3 is 0 Å². The molecule has 1 aliphatic rings. The van der Waals surface area contributed by atoms with Gasteiger partial charge in [0.25, 0.3) is 0 Å². The monoisotopic (exact) mass is 436 g/mol. The molecule has 5 nitrogen and oxygen atoms in total. The Kier molecular flexibility index (Phi) is 7.60. The molecule has 3 rings (SSSR count). The van der Waals surface area contributed by atoms with Crippen LogP contribution in [-0.4, -0.2) is 51.7 Å². The highest BCUT2D eigenvalue weighted by molar-refractivity contribution is 6.42. The van der Waals surface area contributed by atoms with Crippen LogP contribution in [-0.2, 0) is 24.8 Å². The normalized spacial score (nSPS) is 14.5. The van der Waals surface area contributed by atoms with E-state index in [2.05, 4.69) is 16.9 Å². The summed E-state index contributed by atoms with van der Waals surface area (Å²) in [5.41, 5.74) is 4.31. The third-order valence-corrected chi connectivity index (χ3v) is 6.58. The van der Waals surface area contributed by atoms with E-state index < -0.39 is 0 Å². The number of likely N-dealkylation sites (tertiary alicyclic amines) is 1. The van der Waals surface area contributed by atoms with E-state index in [0.717, 1.165) is 43.1 Å². The lowest BCUT2D eigenvalue weighted by Gasteiger charge is -2.26. The summed E-state index contributed by atoms with van der Waals surface area (Å²) < 4.78 is 1.88. The number of hydrogen-bond donors (Lipinski definition) is 0. The first-order valence-corrected chi connectivity index (χ1v) is 11.0. The van der Waals surface area contributed by atoms with E-state index >= 15 is 0 Å². The maximum atomic E-state index is 13.1. The van der Waals surface area contributed by atoms with Crippen LogP contribution >= 0.6 is 23.2 Å². The predicted octanol–water partition coefficient (Wildman–Crippen LogP) is 4.40. The maximum absolute atomic E-state index is 13.1. The first-order chi connectivity index (χ1) is 13.8. The molecule has 0 atom stereocenters. The number of rotatable bonds is 8. The average Bonchev–Trinajstić information content (AvgIpc) is 3.28. The lowest BCUT2D eigenvalue weighted by Crippen LogP contribution is -2.37. The molecule has 0 spiro atoms. The van der Waals surface area contributed by atoms with Crippen molar-refractivity contribution >= 4 is 29.1 Å². The van der Waals surface area contributed by atoms with Gasteiger partial charge in [-0.05, 0) is 69.5 Å². The van der Waals surface area contributed by atoms with E-state index in [0.29, 0.717) is 29.4 Å². The fourth-order valence-corrected chi connectivity index (χ4v) is 4.31. The van der Waals surface area contributed by atoms with E-state index in [9.17, 15) is 4.79 Å². The van der Waals surface area contributed by atoms with Gasteiger partial charge in [0.05, 0.1) is 15.7 Å². The van der Waals surface area contributed by atoms with Gasteiger partial charge in [-0.2, -0.15) is 5.10 Å². The Balaban J connectivity index is 1.68. The molecule has 0 saturated carbocycles. The second-order valence-electron chi connectivity index (χ2n) is 7.89. The summed E-state index contributed by atoms with van der Waals surface area (Å²) in [7, 11) is 1.94. The van der Waals surface area contributed by atoms with Crippen molar-refractivity contribution in [1.29, 1.82) is 0 Å². The molecule has 158 valence electrons. The summed E-state index contributed by atoms with van der Waals surface area (Å²) in [5.74, 6) is 0.165. The van der Waals surface area contributed by atoms with Crippen LogP contribution in [0.25, 0.3) is 0 Å². The van der Waals surface area contributed by atoms with E-state index in [1.165, 1.54) is 18.4 Å². The van der Waals surface area contributed by atoms with Crippen molar-refractivity contribution in [2.75, 3.05) is 26.2 Å². The van der Waals surface area contributed by atoms with Crippen LogP contribution in [0.5, 0.6) is 0 Å². The number of aryl methyl sites for hydroxylation is 2. The van der Waals surface area contributed by atoms with Crippen molar-refractivity contribution in [2.45, 2.75) is 46.1 Å². The summed E-state index contributed by atoms with van der Waals surface area (Å²) in [6.45, 7) is 8.51. The fraction of sp³-hybridized carbons (Fsp3) is 0.545. The van der Waals surface area contributed by atoms with Gasteiger partial charge in [-0.25, -0.2) is 0 Å². The van der Waals surface area contributed by atoms with Crippen LogP contribution < -0.4 is 0 Å². The zero-order valence-electron chi connectivity index (χ0n) is 17.5. The molecule has 7 heteroatoms. The average molecular weight is 437 g/mol. The number of amides is 1. The van der Waals surface area contributed by atoms with Crippen LogP contribution in [0.1, 0.15) is 41.8 Å². The number of benzene rings is 1. The molecule has 0 bridgehead atoms. The van der Waals surface area contributed by atoms with E-state index in [1.807, 2.05) is 35.7 Å². The predicted molar refractivity (Wildman–Crippen MR) is 119 cm³/mol. The fourth-order valence-electron chi connectivity index (χ4n) is 3.99. The van der Waals surface area contributed by atoms with Crippen LogP contribution in [0.4, 0.5) is 0 Å². The van der Waals surface area contributed by atoms with E-state index in [-0.39, 0.29) is 5.91 Å². The zero-order chi connectivity index (χ0) is 21.0. The highest BCUT2D eigenvalue weighted by Gasteiger charge is 2.19. The highest BCUT2D eigenvalue weighted by atomic mass is 35.5. The van der Waals surface area contributed by atoms with Crippen molar-refractivity contribution in [2.24, 2.45) is 7.05 Å². The Morgan fingerprint density at radius 3 is 2.52 bits per heavy atom. The molecule has 1 saturated heterocycles. The lowest BCUT2D eigenvalue weighted by molar-refractivity contribution is -0.132. The summed E-state index contributed by atoms with van der Waals surface area (Å²) in [5, 5.41) is 5.53. The van der Waals surface area contributed by atoms with E-state index in [1.54, 1.807) is 6.07 Å². The first-order valence-electron chi connectivity index (χ1n) is 10.3. The minimum atomic E-state index is 0.165. The Bertz CT molecular complexity index is 859. The van der Waals surface area contributed by atoms with Crippen molar-refractivity contribution in [1.82, 2.24) is 19.6 Å². The van der Waals surface area contributed by atoms with Crippen LogP contribution in [0.3, 0.4) is 0 Å². The zero-order valence-corrected chi connectivity index (χ0v) is 19.1. The number of hydrogen-bond acceptors (Lipinski definition) is 3. The Labute approximate surface area is 183 Å². The van der Waals surface area contributed by atoms with Crippen LogP contribution in [0.2, 0.25) is 10.0 Å². The number of carbonyl (C=O) groups excluding carboxylic acids is 1. The van der Waals surface area contributed by atoms with E-state index in [4.69, 9.17) is 23.2 Å². The molecule has 0 unspecified atom stereocenters. The lowest BCUT2D eigenvalue weighted by atomic mass is 10.1. The molecule has 29 heavy (non-hydrogen) atoms. The van der Waals surface area contributed by atoms with Crippen LogP contribution in [0.15, 0.2) is 18.2 Å². The second-order valence-corrected chi connectivity index (χ2v) is 8.70. The van der Waals surface area contributed by atoms with Crippen molar-refractivity contribution in [3.05, 3.63) is 50.8 Å². The molecular weight excluding hydrogens is 407 g/mol. The van der Waals surface area contributed by atoms with Gasteiger partial charge < -0.3 is 9.80 Å². The molecule has 0 radical (unpaired) electrons. The largest absolute Gasteiger partial charge is 0.337 e. The SMILES string of the molecule is Cc1nn(C)c(C)c1CCC(=O)N(CCN1CCCC1)Cc1ccc(Cl)c(Cl)c1. The van der Waals surface area contributed by atoms with Crippen LogP contribution in [0, 0.1) is 13.8 Å². The molecule has 1 aromatic heterocycles. The molecule has 0 N–H and O–H groups in total. The van der Waals surface area contributed by atoms with Gasteiger partial charge in [0.15, 0.2) is 0 Å². The molecule has 1 amide bonds. The van der Waals surface area contributed by atoms with Crippen molar-refractivity contribution in [3.63, 3.8) is 0 Å². The smallest absolute Gasteiger partial charge is 0.223 e. The van der Waals surface area contributed by atoms with Gasteiger partial charge in [-0.1, -0.05) is 29.3 Å². The molecule has 2 heterocycles. The molecule has 1 fully saturated rings. The Morgan fingerprint density at radius 2 is 1.90 bits per heavy atom. The molecule has 1 aromatic carbocycles. The number of aromatic nitrogens is 2. The minimum absolute atomic E-state index is 0.165. The standard InChI is InChI=1S/C22H30Cl2N4O/c1-16-19(17(2)26(3)25-16)7-9-22(29)28(13-12-27-10-4-5-11-27)15-18-6-8-20(23)21(24)14-18/h6,8,14H,4-5,7,9-13,15H2,1-3H3. The molecule has 1 aliphatic heterocycles. The number of nitrogens with zero attached hydrogens (tertiary/aromatic N) is 4. The maximum Gasteiger partial charge on any atom is 0.223 e. The summed E-state index contributed by atoms with van der Waals surface area (Å²) >= 11 is 12.2. The summed E-state index contributed by atoms with van der Waals surface area (Å²) in [4.78, 5) is 17.5. The van der Waals surface area contributed by atoms with Crippen molar-refractivity contribution < 1.29 is 4.79 Å². The molecule has 0 aliphatic carbocycles. The highest BCUT2D eigenvalue weighted by Crippen LogP contribution is 2.24. The van der Waals surface area contributed by atoms with Gasteiger partial charge in [0.2, 0.25) is 5.91 Å². The minimum Gasteiger partial charge on any atom is -0.337 e. The topological polar surface area (TPSA) is 41.4 Å². The Morgan fingerprint density at radius 1 is 1.17 bits per heavy atom. The van der Waals surface area contributed by atoms with Gasteiger partial charge in [-0.15, -0.1) is 0 Å². The third-order valence-electron chi connectivity index (χ3n) is 5.84. The van der Waals surface area contributed by atoms with Crippen molar-refractivity contribution in [3.8, 4) is 0 Å². The third kappa shape index (κ3) is 5.74. The summed E-state index contributed by atoms with van der Waals surface area (Å²) in [6.07, 6.45) is 3.70. The first kappa shape index (κ1) is 22.1.